The maximum atomic E-state index is 11.5. The van der Waals surface area contributed by atoms with Gasteiger partial charge in [-0.2, -0.15) is 0 Å². The van der Waals surface area contributed by atoms with Crippen molar-refractivity contribution < 1.29 is 19.1 Å². The van der Waals surface area contributed by atoms with Gasteiger partial charge in [0, 0.05) is 0 Å². The summed E-state index contributed by atoms with van der Waals surface area (Å²) in [6.07, 6.45) is -0.521. The van der Waals surface area contributed by atoms with E-state index in [2.05, 4.69) is 16.6 Å². The van der Waals surface area contributed by atoms with Crippen molar-refractivity contribution >= 4 is 23.1 Å². The van der Waals surface area contributed by atoms with Crippen molar-refractivity contribution in [3.63, 3.8) is 0 Å². The monoisotopic (exact) mass is 247 g/mol. The predicted molar refractivity (Wildman–Crippen MR) is 66.2 cm³/mol. The number of fused-ring (bicyclic) bond motifs is 1. The highest BCUT2D eigenvalue weighted by Gasteiger charge is 2.24. The van der Waals surface area contributed by atoms with Crippen molar-refractivity contribution in [3.05, 3.63) is 30.3 Å². The fraction of sp³-hybridized carbons (Fsp3) is 0.231. The van der Waals surface area contributed by atoms with E-state index in [9.17, 15) is 9.59 Å². The normalized spacial score (nSPS) is 17.2. The number of methoxy groups -OCH3 is 1. The second-order valence-electron chi connectivity index (χ2n) is 3.93. The number of benzene rings is 1. The van der Waals surface area contributed by atoms with Crippen LogP contribution >= 0.6 is 0 Å². The van der Waals surface area contributed by atoms with Crippen molar-refractivity contribution in [2.45, 2.75) is 13.0 Å². The smallest absolute Gasteiger partial charge is 0.337 e. The molecule has 2 rings (SSSR count). The Labute approximate surface area is 104 Å². The van der Waals surface area contributed by atoms with Crippen molar-refractivity contribution in [2.75, 3.05) is 12.4 Å². The van der Waals surface area contributed by atoms with E-state index in [-0.39, 0.29) is 11.5 Å². The Morgan fingerprint density at radius 1 is 1.50 bits per heavy atom. The molecule has 18 heavy (non-hydrogen) atoms. The zero-order chi connectivity index (χ0) is 13.3. The zero-order valence-corrected chi connectivity index (χ0v) is 10.1. The number of amides is 1. The third-order valence-electron chi connectivity index (χ3n) is 2.69. The van der Waals surface area contributed by atoms with Crippen molar-refractivity contribution in [3.8, 4) is 5.75 Å². The standard InChI is InChI=1S/C13H13NO4/c1-7(13(16)17-3)9-4-5-11-10(6-9)14-12(15)8(2)18-11/h4-6,8H,1H2,2-3H3,(H,14,15). The number of rotatable bonds is 2. The highest BCUT2D eigenvalue weighted by Crippen LogP contribution is 2.32. The fourth-order valence-electron chi connectivity index (χ4n) is 1.64. The Morgan fingerprint density at radius 3 is 2.89 bits per heavy atom. The zero-order valence-electron chi connectivity index (χ0n) is 10.1. The van der Waals surface area contributed by atoms with Crippen LogP contribution in [-0.2, 0) is 14.3 Å². The van der Waals surface area contributed by atoms with Gasteiger partial charge in [-0.25, -0.2) is 4.79 Å². The molecule has 1 aliphatic heterocycles. The average molecular weight is 247 g/mol. The van der Waals surface area contributed by atoms with Gasteiger partial charge >= 0.3 is 5.97 Å². The Morgan fingerprint density at radius 2 is 2.22 bits per heavy atom. The van der Waals surface area contributed by atoms with Crippen LogP contribution in [0.3, 0.4) is 0 Å². The Kier molecular flexibility index (Phi) is 3.06. The quantitative estimate of drug-likeness (QED) is 0.636. The lowest BCUT2D eigenvalue weighted by atomic mass is 10.1. The molecule has 0 radical (unpaired) electrons. The molecule has 0 aromatic heterocycles. The summed E-state index contributed by atoms with van der Waals surface area (Å²) in [4.78, 5) is 22.8. The van der Waals surface area contributed by atoms with Gasteiger partial charge in [-0.1, -0.05) is 12.6 Å². The molecule has 0 aliphatic carbocycles. The summed E-state index contributed by atoms with van der Waals surface area (Å²) in [5.74, 6) is -0.154. The molecule has 1 aromatic rings. The first-order valence-corrected chi connectivity index (χ1v) is 5.42. The minimum absolute atomic E-state index is 0.219. The van der Waals surface area contributed by atoms with Crippen LogP contribution in [-0.4, -0.2) is 25.1 Å². The first-order valence-electron chi connectivity index (χ1n) is 5.42. The summed E-state index contributed by atoms with van der Waals surface area (Å²) >= 11 is 0. The van der Waals surface area contributed by atoms with Gasteiger partial charge in [-0.05, 0) is 24.6 Å². The second kappa shape index (κ2) is 4.52. The lowest BCUT2D eigenvalue weighted by Crippen LogP contribution is -2.34. The third-order valence-corrected chi connectivity index (χ3v) is 2.69. The number of anilines is 1. The summed E-state index contributed by atoms with van der Waals surface area (Å²) in [5.41, 5.74) is 1.34. The van der Waals surface area contributed by atoms with Crippen molar-refractivity contribution in [2.24, 2.45) is 0 Å². The van der Waals surface area contributed by atoms with E-state index in [1.165, 1.54) is 7.11 Å². The summed E-state index contributed by atoms with van der Waals surface area (Å²) in [7, 11) is 1.29. The van der Waals surface area contributed by atoms with Gasteiger partial charge in [-0.15, -0.1) is 0 Å². The topological polar surface area (TPSA) is 64.6 Å². The van der Waals surface area contributed by atoms with Gasteiger partial charge in [0.2, 0.25) is 0 Å². The first-order chi connectivity index (χ1) is 8.52. The molecule has 0 saturated carbocycles. The Hall–Kier alpha value is -2.30. The maximum absolute atomic E-state index is 11.5. The van der Waals surface area contributed by atoms with Crippen LogP contribution in [0.25, 0.3) is 5.57 Å². The highest BCUT2D eigenvalue weighted by atomic mass is 16.5. The number of esters is 1. The molecule has 0 saturated heterocycles. The molecule has 1 atom stereocenters. The Bertz CT molecular complexity index is 536. The minimum Gasteiger partial charge on any atom is -0.479 e. The molecule has 0 spiro atoms. The molecule has 0 bridgehead atoms. The van der Waals surface area contributed by atoms with Gasteiger partial charge in [0.05, 0.1) is 18.4 Å². The molecule has 1 amide bonds. The number of nitrogens with one attached hydrogen (secondary N) is 1. The largest absolute Gasteiger partial charge is 0.479 e. The van der Waals surface area contributed by atoms with E-state index in [1.807, 2.05) is 0 Å². The van der Waals surface area contributed by atoms with Gasteiger partial charge in [0.15, 0.2) is 6.10 Å². The lowest BCUT2D eigenvalue weighted by molar-refractivity contribution is -0.133. The van der Waals surface area contributed by atoms with Gasteiger partial charge in [0.1, 0.15) is 5.75 Å². The molecular weight excluding hydrogens is 234 g/mol. The highest BCUT2D eigenvalue weighted by molar-refractivity contribution is 6.16. The molecule has 1 N–H and O–H groups in total. The molecular formula is C13H13NO4. The van der Waals surface area contributed by atoms with Gasteiger partial charge in [0.25, 0.3) is 5.91 Å². The molecule has 1 unspecified atom stereocenters. The van der Waals surface area contributed by atoms with Crippen LogP contribution in [0.2, 0.25) is 0 Å². The SMILES string of the molecule is C=C(C(=O)OC)c1ccc2c(c1)NC(=O)C(C)O2. The average Bonchev–Trinajstić information content (AvgIpc) is 2.37. The number of ether oxygens (including phenoxy) is 2. The van der Waals surface area contributed by atoms with Crippen LogP contribution in [0.5, 0.6) is 5.75 Å². The first kappa shape index (κ1) is 12.2. The van der Waals surface area contributed by atoms with Crippen molar-refractivity contribution in [1.82, 2.24) is 0 Å². The van der Waals surface area contributed by atoms with E-state index < -0.39 is 12.1 Å². The Balaban J connectivity index is 2.33. The van der Waals surface area contributed by atoms with E-state index in [0.717, 1.165) is 0 Å². The summed E-state index contributed by atoms with van der Waals surface area (Å²) in [6, 6.07) is 5.02. The predicted octanol–water partition coefficient (Wildman–Crippen LogP) is 1.59. The third kappa shape index (κ3) is 2.07. The second-order valence-corrected chi connectivity index (χ2v) is 3.93. The molecule has 5 nitrogen and oxygen atoms in total. The van der Waals surface area contributed by atoms with Crippen LogP contribution in [0.1, 0.15) is 12.5 Å². The number of carbonyl (C=O) groups is 2. The summed E-state index contributed by atoms with van der Waals surface area (Å²) < 4.78 is 10.00. The van der Waals surface area contributed by atoms with Gasteiger partial charge < -0.3 is 14.8 Å². The number of hydrogen-bond donors (Lipinski definition) is 1. The molecule has 5 heteroatoms. The number of carbonyl (C=O) groups excluding carboxylic acids is 2. The molecule has 0 fully saturated rings. The van der Waals surface area contributed by atoms with Crippen LogP contribution in [0.15, 0.2) is 24.8 Å². The molecule has 1 heterocycles. The fourth-order valence-corrected chi connectivity index (χ4v) is 1.64. The van der Waals surface area contributed by atoms with E-state index >= 15 is 0 Å². The van der Waals surface area contributed by atoms with E-state index in [0.29, 0.717) is 17.0 Å². The lowest BCUT2D eigenvalue weighted by Gasteiger charge is -2.23. The van der Waals surface area contributed by atoms with E-state index in [4.69, 9.17) is 4.74 Å². The van der Waals surface area contributed by atoms with Crippen LogP contribution < -0.4 is 10.1 Å². The van der Waals surface area contributed by atoms with E-state index in [1.54, 1.807) is 25.1 Å². The molecule has 1 aliphatic rings. The molecule has 1 aromatic carbocycles. The van der Waals surface area contributed by atoms with Crippen LogP contribution in [0, 0.1) is 0 Å². The molecule has 94 valence electrons. The number of hydrogen-bond acceptors (Lipinski definition) is 4. The van der Waals surface area contributed by atoms with Gasteiger partial charge in [-0.3, -0.25) is 4.79 Å². The van der Waals surface area contributed by atoms with Crippen LogP contribution in [0.4, 0.5) is 5.69 Å². The summed E-state index contributed by atoms with van der Waals surface area (Å²) in [5, 5.41) is 2.70. The summed E-state index contributed by atoms with van der Waals surface area (Å²) in [6.45, 7) is 5.32. The van der Waals surface area contributed by atoms with Crippen molar-refractivity contribution in [1.29, 1.82) is 0 Å². The maximum Gasteiger partial charge on any atom is 0.337 e. The minimum atomic E-state index is -0.521.